The molecule has 0 saturated carbocycles. The molecule has 0 unspecified atom stereocenters. The van der Waals surface area contributed by atoms with Crippen LogP contribution in [0.2, 0.25) is 0 Å². The number of furan rings is 1. The summed E-state index contributed by atoms with van der Waals surface area (Å²) in [6.07, 6.45) is 2.32. The Morgan fingerprint density at radius 2 is 1.86 bits per heavy atom. The Kier molecular flexibility index (Phi) is 6.96. The smallest absolute Gasteiger partial charge is 0.252 e. The van der Waals surface area contributed by atoms with Gasteiger partial charge in [-0.1, -0.05) is 19.1 Å². The summed E-state index contributed by atoms with van der Waals surface area (Å²) < 4.78 is 20.8. The maximum Gasteiger partial charge on any atom is 0.252 e. The number of nitrogens with zero attached hydrogens (tertiary/aromatic N) is 5. The van der Waals surface area contributed by atoms with Crippen molar-refractivity contribution in [3.63, 3.8) is 0 Å². The van der Waals surface area contributed by atoms with Crippen molar-refractivity contribution < 1.29 is 8.81 Å². The number of rotatable bonds is 9. The average Bonchev–Trinajstić information content (AvgIpc) is 3.56. The van der Waals surface area contributed by atoms with Gasteiger partial charge in [0.15, 0.2) is 5.82 Å². The van der Waals surface area contributed by atoms with Crippen LogP contribution in [0.1, 0.15) is 53.2 Å². The van der Waals surface area contributed by atoms with Crippen LogP contribution in [0.5, 0.6) is 0 Å². The third-order valence-electron chi connectivity index (χ3n) is 6.78. The van der Waals surface area contributed by atoms with Crippen molar-refractivity contribution in [2.24, 2.45) is 0 Å². The number of halogens is 1. The van der Waals surface area contributed by atoms with Crippen LogP contribution in [0, 0.1) is 19.7 Å². The van der Waals surface area contributed by atoms with Gasteiger partial charge in [-0.25, -0.2) is 9.07 Å². The van der Waals surface area contributed by atoms with Crippen molar-refractivity contribution >= 4 is 10.9 Å². The predicted molar refractivity (Wildman–Crippen MR) is 138 cm³/mol. The fraction of sp³-hybridized carbons (Fsp3) is 0.286. The second-order valence-corrected chi connectivity index (χ2v) is 9.38. The molecule has 5 aromatic rings. The van der Waals surface area contributed by atoms with Crippen LogP contribution in [-0.2, 0) is 19.6 Å². The maximum atomic E-state index is 13.6. The lowest BCUT2D eigenvalue weighted by molar-refractivity contribution is 0.161. The van der Waals surface area contributed by atoms with Gasteiger partial charge in [-0.15, -0.1) is 5.10 Å². The van der Waals surface area contributed by atoms with E-state index in [1.54, 1.807) is 23.1 Å². The van der Waals surface area contributed by atoms with E-state index in [0.29, 0.717) is 37.4 Å². The molecular formula is C28H29FN6O2. The molecule has 0 spiro atoms. The normalized spacial score (nSPS) is 12.5. The third-order valence-corrected chi connectivity index (χ3v) is 6.78. The highest BCUT2D eigenvalue weighted by atomic mass is 19.1. The molecule has 0 radical (unpaired) electrons. The van der Waals surface area contributed by atoms with Crippen molar-refractivity contribution in [1.82, 2.24) is 30.1 Å². The summed E-state index contributed by atoms with van der Waals surface area (Å²) in [6, 6.07) is 16.0. The van der Waals surface area contributed by atoms with E-state index in [4.69, 9.17) is 4.42 Å². The third kappa shape index (κ3) is 5.36. The van der Waals surface area contributed by atoms with Gasteiger partial charge in [0.2, 0.25) is 0 Å². The first-order valence-electron chi connectivity index (χ1n) is 12.3. The summed E-state index contributed by atoms with van der Waals surface area (Å²) in [5, 5.41) is 13.5. The molecule has 37 heavy (non-hydrogen) atoms. The van der Waals surface area contributed by atoms with Gasteiger partial charge in [-0.05, 0) is 95.2 Å². The van der Waals surface area contributed by atoms with Crippen molar-refractivity contribution in [2.45, 2.75) is 52.9 Å². The van der Waals surface area contributed by atoms with Gasteiger partial charge in [-0.2, -0.15) is 0 Å². The molecular weight excluding hydrogens is 471 g/mol. The lowest BCUT2D eigenvalue weighted by Gasteiger charge is -2.30. The van der Waals surface area contributed by atoms with Crippen molar-refractivity contribution in [2.75, 3.05) is 0 Å². The van der Waals surface area contributed by atoms with Gasteiger partial charge in [0.05, 0.1) is 12.3 Å². The molecule has 0 aliphatic carbocycles. The zero-order valence-electron chi connectivity index (χ0n) is 21.1. The number of H-pyrrole nitrogens is 1. The number of hydrogen-bond donors (Lipinski definition) is 1. The molecule has 0 aliphatic rings. The number of hydrogen-bond acceptors (Lipinski definition) is 6. The van der Waals surface area contributed by atoms with E-state index in [-0.39, 0.29) is 17.4 Å². The number of nitrogens with one attached hydrogen (secondary N) is 1. The van der Waals surface area contributed by atoms with E-state index < -0.39 is 0 Å². The molecule has 0 bridgehead atoms. The quantitative estimate of drug-likeness (QED) is 0.304. The second kappa shape index (κ2) is 10.5. The molecule has 3 aromatic heterocycles. The van der Waals surface area contributed by atoms with E-state index in [1.165, 1.54) is 12.1 Å². The van der Waals surface area contributed by atoms with Crippen LogP contribution >= 0.6 is 0 Å². The largest absolute Gasteiger partial charge is 0.467 e. The minimum atomic E-state index is -0.290. The van der Waals surface area contributed by atoms with E-state index in [0.717, 1.165) is 33.4 Å². The fourth-order valence-corrected chi connectivity index (χ4v) is 4.68. The molecule has 5 rings (SSSR count). The van der Waals surface area contributed by atoms with Crippen molar-refractivity contribution in [1.29, 1.82) is 0 Å². The zero-order chi connectivity index (χ0) is 25.9. The highest BCUT2D eigenvalue weighted by molar-refractivity contribution is 5.80. The Bertz CT molecular complexity index is 1560. The highest BCUT2D eigenvalue weighted by Gasteiger charge is 2.26. The number of aromatic amines is 1. The number of fused-ring (bicyclic) bond motifs is 1. The van der Waals surface area contributed by atoms with Crippen LogP contribution in [-0.4, -0.2) is 30.1 Å². The van der Waals surface area contributed by atoms with Crippen LogP contribution in [0.15, 0.2) is 70.1 Å². The SMILES string of the molecule is CC[C@@H](c1nnnn1Cc1ccco1)N(Cc1ccc(F)cc1)Cc1cc2cc(C)c(C)cc2[nH]c1=O. The molecule has 9 heteroatoms. The Morgan fingerprint density at radius 3 is 2.59 bits per heavy atom. The zero-order valence-corrected chi connectivity index (χ0v) is 21.1. The second-order valence-electron chi connectivity index (χ2n) is 9.38. The van der Waals surface area contributed by atoms with E-state index in [2.05, 4.69) is 45.3 Å². The summed E-state index contributed by atoms with van der Waals surface area (Å²) in [5.41, 5.74) is 4.54. The molecule has 0 aliphatic heterocycles. The fourth-order valence-electron chi connectivity index (χ4n) is 4.68. The first kappa shape index (κ1) is 24.6. The van der Waals surface area contributed by atoms with Crippen molar-refractivity contribution in [3.8, 4) is 0 Å². The van der Waals surface area contributed by atoms with Crippen LogP contribution in [0.4, 0.5) is 4.39 Å². The van der Waals surface area contributed by atoms with Gasteiger partial charge >= 0.3 is 0 Å². The summed E-state index contributed by atoms with van der Waals surface area (Å²) in [5.74, 6) is 1.12. The summed E-state index contributed by atoms with van der Waals surface area (Å²) in [7, 11) is 0. The summed E-state index contributed by atoms with van der Waals surface area (Å²) >= 11 is 0. The Labute approximate surface area is 213 Å². The maximum absolute atomic E-state index is 13.6. The minimum absolute atomic E-state index is 0.134. The Hall–Kier alpha value is -4.11. The number of aromatic nitrogens is 5. The molecule has 2 aromatic carbocycles. The Morgan fingerprint density at radius 1 is 1.08 bits per heavy atom. The van der Waals surface area contributed by atoms with Gasteiger partial charge < -0.3 is 9.40 Å². The van der Waals surface area contributed by atoms with E-state index in [1.807, 2.05) is 31.2 Å². The van der Waals surface area contributed by atoms with E-state index >= 15 is 0 Å². The molecule has 1 N–H and O–H groups in total. The molecule has 0 saturated heterocycles. The van der Waals surface area contributed by atoms with Gasteiger partial charge in [0, 0.05) is 24.2 Å². The standard InChI is InChI=1S/C28H29FN6O2/c1-4-26(27-31-32-33-35(27)17-24-6-5-11-37-24)34(15-20-7-9-23(29)10-8-20)16-22-14-21-12-18(2)19(3)13-25(21)30-28(22)36/h5-14,26H,4,15-17H2,1-3H3,(H,30,36)/t26-/m0/s1. The molecule has 1 atom stereocenters. The summed E-state index contributed by atoms with van der Waals surface area (Å²) in [6.45, 7) is 7.39. The number of pyridine rings is 1. The van der Waals surface area contributed by atoms with Crippen LogP contribution in [0.25, 0.3) is 10.9 Å². The first-order chi connectivity index (χ1) is 17.9. The van der Waals surface area contributed by atoms with Gasteiger partial charge in [-0.3, -0.25) is 9.69 Å². The van der Waals surface area contributed by atoms with E-state index in [9.17, 15) is 9.18 Å². The number of tetrazole rings is 1. The van der Waals surface area contributed by atoms with Crippen LogP contribution < -0.4 is 5.56 Å². The molecule has 0 fully saturated rings. The minimum Gasteiger partial charge on any atom is -0.467 e. The molecule has 3 heterocycles. The first-order valence-corrected chi connectivity index (χ1v) is 12.3. The number of benzene rings is 2. The monoisotopic (exact) mass is 500 g/mol. The molecule has 190 valence electrons. The van der Waals surface area contributed by atoms with Crippen LogP contribution in [0.3, 0.4) is 0 Å². The lowest BCUT2D eigenvalue weighted by atomic mass is 10.0. The molecule has 8 nitrogen and oxygen atoms in total. The van der Waals surface area contributed by atoms with Gasteiger partial charge in [0.1, 0.15) is 18.1 Å². The van der Waals surface area contributed by atoms with Gasteiger partial charge in [0.25, 0.3) is 5.56 Å². The van der Waals surface area contributed by atoms with Crippen molar-refractivity contribution in [3.05, 3.63) is 111 Å². The predicted octanol–water partition coefficient (Wildman–Crippen LogP) is 5.07. The topological polar surface area (TPSA) is 92.8 Å². The lowest BCUT2D eigenvalue weighted by Crippen LogP contribution is -2.32. The summed E-state index contributed by atoms with van der Waals surface area (Å²) in [4.78, 5) is 18.4. The number of aryl methyl sites for hydroxylation is 2. The Balaban J connectivity index is 1.53. The molecule has 0 amide bonds. The average molecular weight is 501 g/mol. The highest BCUT2D eigenvalue weighted by Crippen LogP contribution is 2.27.